The normalized spacial score (nSPS) is 16.4. The zero-order chi connectivity index (χ0) is 19.0. The Kier molecular flexibility index (Phi) is 4.74. The molecule has 1 aliphatic rings. The summed E-state index contributed by atoms with van der Waals surface area (Å²) < 4.78 is 6.76. The highest BCUT2D eigenvalue weighted by atomic mass is 32.1. The fourth-order valence-electron chi connectivity index (χ4n) is 4.02. The first-order valence-electron chi connectivity index (χ1n) is 9.16. The van der Waals surface area contributed by atoms with Crippen molar-refractivity contribution in [3.63, 3.8) is 0 Å². The lowest BCUT2D eigenvalue weighted by Crippen LogP contribution is -2.41. The van der Waals surface area contributed by atoms with E-state index in [2.05, 4.69) is 18.4 Å². The number of rotatable bonds is 4. The summed E-state index contributed by atoms with van der Waals surface area (Å²) in [5.74, 6) is -0.305. The standard InChI is InChI=1S/C21H22N2O3S/c1-3-17-15-9-11-27-19(15)8-10-23(17)20(24)13-22-12-16(21(25)26-2)14-6-4-5-7-18(14)22/h4-7,9,11-12,17H,3,8,10,13H2,1-2H3/t17-/m0/s1. The number of hydrogen-bond acceptors (Lipinski definition) is 4. The fraction of sp³-hybridized carbons (Fsp3) is 0.333. The van der Waals surface area contributed by atoms with E-state index >= 15 is 0 Å². The van der Waals surface area contributed by atoms with Gasteiger partial charge in [-0.25, -0.2) is 4.79 Å². The first-order valence-corrected chi connectivity index (χ1v) is 10.0. The van der Waals surface area contributed by atoms with Crippen molar-refractivity contribution in [1.29, 1.82) is 0 Å². The van der Waals surface area contributed by atoms with Crippen molar-refractivity contribution in [3.05, 3.63) is 57.9 Å². The van der Waals surface area contributed by atoms with E-state index in [1.807, 2.05) is 33.7 Å². The highest BCUT2D eigenvalue weighted by molar-refractivity contribution is 7.10. The molecular formula is C21H22N2O3S. The third-order valence-electron chi connectivity index (χ3n) is 5.30. The number of thiophene rings is 1. The fourth-order valence-corrected chi connectivity index (χ4v) is 4.95. The minimum atomic E-state index is -0.385. The summed E-state index contributed by atoms with van der Waals surface area (Å²) in [5.41, 5.74) is 2.65. The number of carbonyl (C=O) groups is 2. The Balaban J connectivity index is 1.65. The zero-order valence-electron chi connectivity index (χ0n) is 15.5. The lowest BCUT2D eigenvalue weighted by Gasteiger charge is -2.35. The number of aromatic nitrogens is 1. The van der Waals surface area contributed by atoms with E-state index in [4.69, 9.17) is 4.74 Å². The maximum atomic E-state index is 13.2. The van der Waals surface area contributed by atoms with Crippen LogP contribution >= 0.6 is 11.3 Å². The molecule has 0 unspecified atom stereocenters. The van der Waals surface area contributed by atoms with Gasteiger partial charge in [0.1, 0.15) is 6.54 Å². The minimum absolute atomic E-state index is 0.0795. The molecule has 1 amide bonds. The van der Waals surface area contributed by atoms with Crippen molar-refractivity contribution in [2.24, 2.45) is 0 Å². The summed E-state index contributed by atoms with van der Waals surface area (Å²) in [7, 11) is 1.37. The monoisotopic (exact) mass is 382 g/mol. The summed E-state index contributed by atoms with van der Waals surface area (Å²) >= 11 is 1.78. The molecular weight excluding hydrogens is 360 g/mol. The lowest BCUT2D eigenvalue weighted by molar-refractivity contribution is -0.134. The number of nitrogens with zero attached hydrogens (tertiary/aromatic N) is 2. The third-order valence-corrected chi connectivity index (χ3v) is 6.30. The predicted molar refractivity (Wildman–Crippen MR) is 106 cm³/mol. The van der Waals surface area contributed by atoms with Crippen LogP contribution in [0.25, 0.3) is 10.9 Å². The van der Waals surface area contributed by atoms with Gasteiger partial charge in [-0.05, 0) is 35.9 Å². The number of methoxy groups -OCH3 is 1. The van der Waals surface area contributed by atoms with Crippen molar-refractivity contribution in [2.75, 3.05) is 13.7 Å². The SMILES string of the molecule is CC[C@H]1c2ccsc2CCN1C(=O)Cn1cc(C(=O)OC)c2ccccc21. The van der Waals surface area contributed by atoms with Crippen LogP contribution in [-0.2, 0) is 22.5 Å². The lowest BCUT2D eigenvalue weighted by atomic mass is 9.98. The van der Waals surface area contributed by atoms with E-state index in [0.29, 0.717) is 5.56 Å². The molecule has 4 rings (SSSR count). The average Bonchev–Trinajstić information content (AvgIpc) is 3.31. The maximum Gasteiger partial charge on any atom is 0.340 e. The number of esters is 1. The van der Waals surface area contributed by atoms with Crippen LogP contribution in [0, 0.1) is 0 Å². The van der Waals surface area contributed by atoms with Gasteiger partial charge >= 0.3 is 5.97 Å². The van der Waals surface area contributed by atoms with Gasteiger partial charge in [0.15, 0.2) is 0 Å². The molecule has 0 bridgehead atoms. The average molecular weight is 382 g/mol. The van der Waals surface area contributed by atoms with Crippen molar-refractivity contribution < 1.29 is 14.3 Å². The molecule has 3 heterocycles. The predicted octanol–water partition coefficient (Wildman–Crippen LogP) is 4.03. The Hall–Kier alpha value is -2.60. The molecule has 27 heavy (non-hydrogen) atoms. The Morgan fingerprint density at radius 2 is 2.07 bits per heavy atom. The van der Waals surface area contributed by atoms with Gasteiger partial charge in [-0.15, -0.1) is 11.3 Å². The van der Waals surface area contributed by atoms with Crippen molar-refractivity contribution >= 4 is 34.1 Å². The van der Waals surface area contributed by atoms with Gasteiger partial charge in [0.05, 0.1) is 18.7 Å². The molecule has 140 valence electrons. The molecule has 1 aromatic carbocycles. The van der Waals surface area contributed by atoms with Gasteiger partial charge in [0.25, 0.3) is 0 Å². The van der Waals surface area contributed by atoms with Crippen molar-refractivity contribution in [1.82, 2.24) is 9.47 Å². The highest BCUT2D eigenvalue weighted by Crippen LogP contribution is 2.35. The number of fused-ring (bicyclic) bond motifs is 2. The number of carbonyl (C=O) groups excluding carboxylic acids is 2. The second-order valence-electron chi connectivity index (χ2n) is 6.74. The first-order chi connectivity index (χ1) is 13.1. The van der Waals surface area contributed by atoms with Crippen LogP contribution < -0.4 is 0 Å². The second kappa shape index (κ2) is 7.19. The van der Waals surface area contributed by atoms with Gasteiger partial charge in [0, 0.05) is 28.5 Å². The molecule has 0 saturated heterocycles. The van der Waals surface area contributed by atoms with Gasteiger partial charge in [0.2, 0.25) is 5.91 Å². The van der Waals surface area contributed by atoms with Crippen LogP contribution in [0.2, 0.25) is 0 Å². The molecule has 2 aromatic heterocycles. The van der Waals surface area contributed by atoms with Gasteiger partial charge < -0.3 is 14.2 Å². The van der Waals surface area contributed by atoms with E-state index in [0.717, 1.165) is 30.3 Å². The molecule has 0 saturated carbocycles. The molecule has 0 N–H and O–H groups in total. The van der Waals surface area contributed by atoms with Crippen LogP contribution in [0.1, 0.15) is 40.2 Å². The molecule has 0 aliphatic carbocycles. The summed E-state index contributed by atoms with van der Waals surface area (Å²) in [6.07, 6.45) is 3.54. The highest BCUT2D eigenvalue weighted by Gasteiger charge is 2.30. The van der Waals surface area contributed by atoms with E-state index in [9.17, 15) is 9.59 Å². The van der Waals surface area contributed by atoms with Crippen LogP contribution in [0.15, 0.2) is 41.9 Å². The number of benzene rings is 1. The van der Waals surface area contributed by atoms with Crippen LogP contribution in [-0.4, -0.2) is 35.0 Å². The van der Waals surface area contributed by atoms with E-state index in [1.54, 1.807) is 17.5 Å². The summed E-state index contributed by atoms with van der Waals surface area (Å²) in [5, 5.41) is 2.92. The van der Waals surface area contributed by atoms with E-state index < -0.39 is 0 Å². The largest absolute Gasteiger partial charge is 0.465 e. The van der Waals surface area contributed by atoms with E-state index in [1.165, 1.54) is 17.6 Å². The Morgan fingerprint density at radius 3 is 2.85 bits per heavy atom. The number of hydrogen-bond donors (Lipinski definition) is 0. The molecule has 1 atom stereocenters. The molecule has 5 nitrogen and oxygen atoms in total. The Labute approximate surface area is 162 Å². The first kappa shape index (κ1) is 17.8. The quantitative estimate of drug-likeness (QED) is 0.640. The van der Waals surface area contributed by atoms with Crippen molar-refractivity contribution in [2.45, 2.75) is 32.4 Å². The number of ether oxygens (including phenoxy) is 1. The molecule has 6 heteroatoms. The van der Waals surface area contributed by atoms with Gasteiger partial charge in [-0.2, -0.15) is 0 Å². The Morgan fingerprint density at radius 1 is 1.26 bits per heavy atom. The zero-order valence-corrected chi connectivity index (χ0v) is 16.3. The van der Waals surface area contributed by atoms with Crippen LogP contribution in [0.4, 0.5) is 0 Å². The molecule has 0 radical (unpaired) electrons. The number of amides is 1. The summed E-state index contributed by atoms with van der Waals surface area (Å²) in [6, 6.07) is 9.90. The third kappa shape index (κ3) is 3.04. The van der Waals surface area contributed by atoms with E-state index in [-0.39, 0.29) is 24.5 Å². The molecule has 1 aliphatic heterocycles. The molecule has 3 aromatic rings. The van der Waals surface area contributed by atoms with Gasteiger partial charge in [-0.1, -0.05) is 25.1 Å². The second-order valence-corrected chi connectivity index (χ2v) is 7.74. The van der Waals surface area contributed by atoms with Crippen LogP contribution in [0.5, 0.6) is 0 Å². The van der Waals surface area contributed by atoms with Crippen LogP contribution in [0.3, 0.4) is 0 Å². The minimum Gasteiger partial charge on any atom is -0.465 e. The van der Waals surface area contributed by atoms with Gasteiger partial charge in [-0.3, -0.25) is 4.79 Å². The summed E-state index contributed by atoms with van der Waals surface area (Å²) in [6.45, 7) is 3.08. The van der Waals surface area contributed by atoms with Crippen molar-refractivity contribution in [3.8, 4) is 0 Å². The molecule has 0 spiro atoms. The smallest absolute Gasteiger partial charge is 0.340 e. The summed E-state index contributed by atoms with van der Waals surface area (Å²) in [4.78, 5) is 28.6. The maximum absolute atomic E-state index is 13.2. The Bertz CT molecular complexity index is 1000. The number of para-hydroxylation sites is 1. The topological polar surface area (TPSA) is 51.5 Å². The molecule has 0 fully saturated rings.